The number of halogens is 2. The van der Waals surface area contributed by atoms with Crippen LogP contribution in [-0.4, -0.2) is 54.3 Å². The highest BCUT2D eigenvalue weighted by atomic mass is 35.5. The van der Waals surface area contributed by atoms with Crippen molar-refractivity contribution >= 4 is 29.7 Å². The summed E-state index contributed by atoms with van der Waals surface area (Å²) in [6.45, 7) is 6.62. The fourth-order valence-corrected chi connectivity index (χ4v) is 3.56. The van der Waals surface area contributed by atoms with E-state index < -0.39 is 0 Å². The number of hydrogen-bond acceptors (Lipinski definition) is 5. The topological polar surface area (TPSA) is 70.6 Å². The maximum atomic E-state index is 12.1. The lowest BCUT2D eigenvalue weighted by Gasteiger charge is -2.36. The fraction of sp³-hybridized carbons (Fsp3) is 0.474. The number of aryl methyl sites for hydroxylation is 1. The van der Waals surface area contributed by atoms with Crippen molar-refractivity contribution in [3.05, 3.63) is 55.8 Å². The van der Waals surface area contributed by atoms with Gasteiger partial charge in [-0.1, -0.05) is 11.6 Å². The maximum absolute atomic E-state index is 12.1. The number of H-pyrrole nitrogens is 1. The van der Waals surface area contributed by atoms with Crippen LogP contribution < -0.4 is 20.9 Å². The van der Waals surface area contributed by atoms with E-state index in [0.717, 1.165) is 50.6 Å². The van der Waals surface area contributed by atoms with Crippen LogP contribution in [0.25, 0.3) is 0 Å². The quantitative estimate of drug-likeness (QED) is 0.762. The Morgan fingerprint density at radius 1 is 1.14 bits per heavy atom. The summed E-state index contributed by atoms with van der Waals surface area (Å²) in [6.07, 6.45) is 2.22. The first-order chi connectivity index (χ1) is 13.0. The first-order valence-electron chi connectivity index (χ1n) is 9.09. The van der Waals surface area contributed by atoms with Crippen molar-refractivity contribution in [3.63, 3.8) is 0 Å². The molecule has 0 atom stereocenters. The van der Waals surface area contributed by atoms with Gasteiger partial charge in [-0.3, -0.25) is 14.3 Å². The minimum absolute atomic E-state index is 0. The SMILES string of the molecule is COc1cc(Cl)ccc1N1CCN(CCCn2c(=O)[nH]cc(C)c2=O)CC1.Cl. The molecule has 0 saturated carbocycles. The molecule has 1 aromatic heterocycles. The van der Waals surface area contributed by atoms with Crippen LogP contribution in [0.15, 0.2) is 34.0 Å². The molecule has 0 unspecified atom stereocenters. The molecule has 0 aliphatic carbocycles. The Hall–Kier alpha value is -1.96. The number of aromatic nitrogens is 2. The summed E-state index contributed by atoms with van der Waals surface area (Å²) in [5, 5.41) is 0.663. The van der Waals surface area contributed by atoms with Crippen molar-refractivity contribution in [3.8, 4) is 5.75 Å². The maximum Gasteiger partial charge on any atom is 0.328 e. The largest absolute Gasteiger partial charge is 0.495 e. The molecule has 0 bridgehead atoms. The van der Waals surface area contributed by atoms with E-state index in [1.165, 1.54) is 10.8 Å². The van der Waals surface area contributed by atoms with E-state index in [4.69, 9.17) is 16.3 Å². The first-order valence-corrected chi connectivity index (χ1v) is 9.47. The number of ether oxygens (including phenoxy) is 1. The minimum Gasteiger partial charge on any atom is -0.495 e. The van der Waals surface area contributed by atoms with Crippen LogP contribution >= 0.6 is 24.0 Å². The first kappa shape index (κ1) is 22.3. The molecular weight excluding hydrogens is 403 g/mol. The summed E-state index contributed by atoms with van der Waals surface area (Å²) >= 11 is 6.04. The molecule has 3 rings (SSSR count). The van der Waals surface area contributed by atoms with Crippen LogP contribution in [0.1, 0.15) is 12.0 Å². The standard InChI is InChI=1S/C19H25ClN4O3.ClH/c1-14-13-21-19(26)24(18(14)25)7-3-6-22-8-10-23(11-9-22)16-5-4-15(20)12-17(16)27-2;/h4-5,12-13H,3,6-11H2,1-2H3,(H,21,26);1H. The van der Waals surface area contributed by atoms with Crippen LogP contribution in [0.5, 0.6) is 5.75 Å². The molecule has 154 valence electrons. The van der Waals surface area contributed by atoms with E-state index in [9.17, 15) is 9.59 Å². The smallest absolute Gasteiger partial charge is 0.328 e. The Morgan fingerprint density at radius 3 is 2.54 bits per heavy atom. The van der Waals surface area contributed by atoms with Crippen molar-refractivity contribution in [2.45, 2.75) is 19.9 Å². The number of piperazine rings is 1. The van der Waals surface area contributed by atoms with Crippen LogP contribution in [0.4, 0.5) is 5.69 Å². The Bertz CT molecular complexity index is 905. The molecule has 2 heterocycles. The van der Waals surface area contributed by atoms with E-state index in [0.29, 0.717) is 17.1 Å². The molecule has 1 N–H and O–H groups in total. The number of nitrogens with one attached hydrogen (secondary N) is 1. The highest BCUT2D eigenvalue weighted by Gasteiger charge is 2.19. The van der Waals surface area contributed by atoms with Gasteiger partial charge in [-0.2, -0.15) is 0 Å². The number of methoxy groups -OCH3 is 1. The lowest BCUT2D eigenvalue weighted by Crippen LogP contribution is -2.47. The average molecular weight is 429 g/mol. The van der Waals surface area contributed by atoms with Crippen LogP contribution in [0.2, 0.25) is 5.02 Å². The Balaban J connectivity index is 0.00000280. The monoisotopic (exact) mass is 428 g/mol. The minimum atomic E-state index is -0.342. The fourth-order valence-electron chi connectivity index (χ4n) is 3.40. The second-order valence-corrected chi connectivity index (χ2v) is 7.17. The average Bonchev–Trinajstić information content (AvgIpc) is 2.68. The summed E-state index contributed by atoms with van der Waals surface area (Å²) in [7, 11) is 1.65. The third-order valence-electron chi connectivity index (χ3n) is 4.95. The van der Waals surface area contributed by atoms with Gasteiger partial charge in [0.25, 0.3) is 5.56 Å². The van der Waals surface area contributed by atoms with E-state index in [-0.39, 0.29) is 23.7 Å². The number of benzene rings is 1. The Morgan fingerprint density at radius 2 is 1.86 bits per heavy atom. The predicted octanol–water partition coefficient (Wildman–Crippen LogP) is 2.14. The number of nitrogens with zero attached hydrogens (tertiary/aromatic N) is 3. The van der Waals surface area contributed by atoms with Crippen LogP contribution in [0, 0.1) is 6.92 Å². The summed E-state index contributed by atoms with van der Waals surface area (Å²) in [5.41, 5.74) is 1.06. The van der Waals surface area contributed by atoms with E-state index in [1.54, 1.807) is 14.0 Å². The number of anilines is 1. The van der Waals surface area contributed by atoms with Crippen molar-refractivity contribution in [2.24, 2.45) is 0 Å². The van der Waals surface area contributed by atoms with Gasteiger partial charge in [-0.05, 0) is 32.0 Å². The number of hydrogen-bond donors (Lipinski definition) is 1. The van der Waals surface area contributed by atoms with Crippen molar-refractivity contribution < 1.29 is 4.74 Å². The number of aromatic amines is 1. The van der Waals surface area contributed by atoms with Gasteiger partial charge in [0.15, 0.2) is 0 Å². The summed E-state index contributed by atoms with van der Waals surface area (Å²) in [4.78, 5) is 31.1. The lowest BCUT2D eigenvalue weighted by molar-refractivity contribution is 0.249. The van der Waals surface area contributed by atoms with E-state index in [2.05, 4.69) is 14.8 Å². The molecule has 7 nitrogen and oxygen atoms in total. The second-order valence-electron chi connectivity index (χ2n) is 6.73. The zero-order valence-electron chi connectivity index (χ0n) is 16.1. The number of rotatable bonds is 6. The van der Waals surface area contributed by atoms with Gasteiger partial charge in [0.05, 0.1) is 12.8 Å². The zero-order chi connectivity index (χ0) is 19.4. The molecule has 1 aromatic carbocycles. The highest BCUT2D eigenvalue weighted by molar-refractivity contribution is 6.30. The molecule has 1 aliphatic rings. The van der Waals surface area contributed by atoms with Crippen molar-refractivity contribution in [2.75, 3.05) is 44.7 Å². The molecule has 1 fully saturated rings. The molecule has 9 heteroatoms. The van der Waals surface area contributed by atoms with Gasteiger partial charge in [0, 0.05) is 55.6 Å². The summed E-state index contributed by atoms with van der Waals surface area (Å²) < 4.78 is 6.73. The molecule has 0 spiro atoms. The zero-order valence-corrected chi connectivity index (χ0v) is 17.7. The molecule has 1 saturated heterocycles. The van der Waals surface area contributed by atoms with E-state index >= 15 is 0 Å². The molecular formula is C19H26Cl2N4O3. The van der Waals surface area contributed by atoms with Gasteiger partial charge in [0.2, 0.25) is 0 Å². The van der Waals surface area contributed by atoms with Crippen molar-refractivity contribution in [1.29, 1.82) is 0 Å². The van der Waals surface area contributed by atoms with Crippen LogP contribution in [0.3, 0.4) is 0 Å². The van der Waals surface area contributed by atoms with Gasteiger partial charge in [0.1, 0.15) is 5.75 Å². The molecule has 0 radical (unpaired) electrons. The molecule has 0 amide bonds. The normalized spacial score (nSPS) is 14.6. The van der Waals surface area contributed by atoms with Gasteiger partial charge < -0.3 is 14.6 Å². The molecule has 2 aromatic rings. The summed E-state index contributed by atoms with van der Waals surface area (Å²) in [5.74, 6) is 0.786. The second kappa shape index (κ2) is 10.0. The van der Waals surface area contributed by atoms with Crippen molar-refractivity contribution in [1.82, 2.24) is 14.5 Å². The highest BCUT2D eigenvalue weighted by Crippen LogP contribution is 2.31. The summed E-state index contributed by atoms with van der Waals surface area (Å²) in [6, 6.07) is 5.70. The Kier molecular flexibility index (Phi) is 7.98. The third kappa shape index (κ3) is 5.10. The lowest BCUT2D eigenvalue weighted by atomic mass is 10.2. The van der Waals surface area contributed by atoms with Gasteiger partial charge in [-0.15, -0.1) is 12.4 Å². The van der Waals surface area contributed by atoms with Gasteiger partial charge in [-0.25, -0.2) is 4.79 Å². The van der Waals surface area contributed by atoms with E-state index in [1.807, 2.05) is 18.2 Å². The molecule has 28 heavy (non-hydrogen) atoms. The Labute approximate surface area is 175 Å². The third-order valence-corrected chi connectivity index (χ3v) is 5.19. The molecule has 1 aliphatic heterocycles. The van der Waals surface area contributed by atoms with Gasteiger partial charge >= 0.3 is 5.69 Å². The predicted molar refractivity (Wildman–Crippen MR) is 115 cm³/mol. The van der Waals surface area contributed by atoms with Crippen LogP contribution in [-0.2, 0) is 6.54 Å².